The van der Waals surface area contributed by atoms with E-state index in [1.807, 2.05) is 0 Å². The minimum atomic E-state index is 0.815. The van der Waals surface area contributed by atoms with Crippen molar-refractivity contribution >= 4 is 5.69 Å². The van der Waals surface area contributed by atoms with E-state index in [0.29, 0.717) is 0 Å². The van der Waals surface area contributed by atoms with E-state index in [0.717, 1.165) is 18.9 Å². The van der Waals surface area contributed by atoms with Crippen LogP contribution in [-0.2, 0) is 6.42 Å². The molecule has 0 aromatic heterocycles. The third-order valence-electron chi connectivity index (χ3n) is 4.64. The molecule has 2 aliphatic rings. The summed E-state index contributed by atoms with van der Waals surface area (Å²) in [5.41, 5.74) is 7.17. The summed E-state index contributed by atoms with van der Waals surface area (Å²) in [5, 5.41) is 3.47. The Morgan fingerprint density at radius 2 is 1.89 bits per heavy atom. The number of hydrogen-bond acceptors (Lipinski definition) is 1. The van der Waals surface area contributed by atoms with Crippen LogP contribution in [0.3, 0.4) is 0 Å². The van der Waals surface area contributed by atoms with E-state index in [1.54, 1.807) is 0 Å². The standard InChI is InChI=1S/C18H19N/c1-4-13(5-1)14-6-2-7-15(12-14)16-8-3-9-18-17(16)10-11-19-18/h2-3,6-9,12-13,19H,1,4-5,10-11H2. The van der Waals surface area contributed by atoms with Gasteiger partial charge in [0, 0.05) is 12.2 Å². The highest BCUT2D eigenvalue weighted by Crippen LogP contribution is 2.39. The molecule has 2 aromatic rings. The lowest BCUT2D eigenvalue weighted by Crippen LogP contribution is -2.08. The molecule has 1 aliphatic carbocycles. The summed E-state index contributed by atoms with van der Waals surface area (Å²) >= 11 is 0. The van der Waals surface area contributed by atoms with Crippen LogP contribution in [0.15, 0.2) is 42.5 Å². The fraction of sp³-hybridized carbons (Fsp3) is 0.333. The molecular formula is C18H19N. The third-order valence-corrected chi connectivity index (χ3v) is 4.64. The van der Waals surface area contributed by atoms with Crippen LogP contribution in [0, 0.1) is 0 Å². The molecule has 96 valence electrons. The van der Waals surface area contributed by atoms with Gasteiger partial charge in [0.2, 0.25) is 0 Å². The lowest BCUT2D eigenvalue weighted by molar-refractivity contribution is 0.420. The normalized spacial score (nSPS) is 17.7. The number of fused-ring (bicyclic) bond motifs is 1. The van der Waals surface area contributed by atoms with Crippen LogP contribution in [0.2, 0.25) is 0 Å². The van der Waals surface area contributed by atoms with Crippen molar-refractivity contribution in [2.24, 2.45) is 0 Å². The van der Waals surface area contributed by atoms with Crippen LogP contribution in [0.4, 0.5) is 5.69 Å². The Kier molecular flexibility index (Phi) is 2.58. The summed E-state index contributed by atoms with van der Waals surface area (Å²) in [5.74, 6) is 0.815. The van der Waals surface area contributed by atoms with Crippen LogP contribution < -0.4 is 5.32 Å². The molecule has 1 saturated carbocycles. The second-order valence-electron chi connectivity index (χ2n) is 5.76. The Labute approximate surface area is 114 Å². The average molecular weight is 249 g/mol. The first-order chi connectivity index (χ1) is 9.42. The predicted octanol–water partition coefficient (Wildman–Crippen LogP) is 4.59. The Morgan fingerprint density at radius 1 is 1.00 bits per heavy atom. The van der Waals surface area contributed by atoms with Gasteiger partial charge in [-0.05, 0) is 53.5 Å². The maximum atomic E-state index is 3.47. The largest absolute Gasteiger partial charge is 0.384 e. The molecule has 0 atom stereocenters. The van der Waals surface area contributed by atoms with Gasteiger partial charge < -0.3 is 5.32 Å². The molecule has 0 radical (unpaired) electrons. The molecule has 1 aliphatic heterocycles. The van der Waals surface area contributed by atoms with Gasteiger partial charge in [0.05, 0.1) is 0 Å². The molecule has 0 unspecified atom stereocenters. The van der Waals surface area contributed by atoms with Crippen molar-refractivity contribution in [3.8, 4) is 11.1 Å². The fourth-order valence-electron chi connectivity index (χ4n) is 3.32. The molecule has 1 N–H and O–H groups in total. The van der Waals surface area contributed by atoms with Crippen LogP contribution in [-0.4, -0.2) is 6.54 Å². The minimum absolute atomic E-state index is 0.815. The Morgan fingerprint density at radius 3 is 2.74 bits per heavy atom. The maximum absolute atomic E-state index is 3.47. The van der Waals surface area contributed by atoms with Crippen molar-refractivity contribution < 1.29 is 0 Å². The molecule has 4 rings (SSSR count). The summed E-state index contributed by atoms with van der Waals surface area (Å²) in [7, 11) is 0. The zero-order valence-corrected chi connectivity index (χ0v) is 11.2. The monoisotopic (exact) mass is 249 g/mol. The zero-order chi connectivity index (χ0) is 12.7. The highest BCUT2D eigenvalue weighted by atomic mass is 14.9. The van der Waals surface area contributed by atoms with Gasteiger partial charge in [0.25, 0.3) is 0 Å². The van der Waals surface area contributed by atoms with Crippen molar-refractivity contribution in [3.05, 3.63) is 53.6 Å². The molecule has 0 amide bonds. The van der Waals surface area contributed by atoms with E-state index in [-0.39, 0.29) is 0 Å². The first kappa shape index (κ1) is 11.1. The average Bonchev–Trinajstić information content (AvgIpc) is 2.85. The van der Waals surface area contributed by atoms with Crippen molar-refractivity contribution in [1.29, 1.82) is 0 Å². The fourth-order valence-corrected chi connectivity index (χ4v) is 3.32. The molecule has 0 bridgehead atoms. The molecule has 0 saturated heterocycles. The lowest BCUT2D eigenvalue weighted by atomic mass is 9.79. The molecule has 1 fully saturated rings. The van der Waals surface area contributed by atoms with Crippen LogP contribution >= 0.6 is 0 Å². The maximum Gasteiger partial charge on any atom is 0.0379 e. The third kappa shape index (κ3) is 1.85. The van der Waals surface area contributed by atoms with Crippen molar-refractivity contribution in [1.82, 2.24) is 0 Å². The molecular weight excluding hydrogens is 230 g/mol. The predicted molar refractivity (Wildman–Crippen MR) is 80.7 cm³/mol. The quantitative estimate of drug-likeness (QED) is 0.821. The molecule has 1 heteroatoms. The van der Waals surface area contributed by atoms with E-state index in [9.17, 15) is 0 Å². The Hall–Kier alpha value is -1.76. The Bertz CT molecular complexity index is 611. The number of hydrogen-bond donors (Lipinski definition) is 1. The topological polar surface area (TPSA) is 12.0 Å². The van der Waals surface area contributed by atoms with E-state index < -0.39 is 0 Å². The SMILES string of the molecule is c1cc(-c2cccc3c2CCN3)cc(C2CCC2)c1. The first-order valence-corrected chi connectivity index (χ1v) is 7.38. The molecule has 1 heterocycles. The summed E-state index contributed by atoms with van der Waals surface area (Å²) < 4.78 is 0. The highest BCUT2D eigenvalue weighted by molar-refractivity contribution is 5.76. The Balaban J connectivity index is 1.78. The second kappa shape index (κ2) is 4.41. The van der Waals surface area contributed by atoms with Crippen molar-refractivity contribution in [2.75, 3.05) is 11.9 Å². The summed E-state index contributed by atoms with van der Waals surface area (Å²) in [6, 6.07) is 15.8. The summed E-state index contributed by atoms with van der Waals surface area (Å²) in [4.78, 5) is 0. The summed E-state index contributed by atoms with van der Waals surface area (Å²) in [6.07, 6.45) is 5.30. The lowest BCUT2D eigenvalue weighted by Gasteiger charge is -2.26. The van der Waals surface area contributed by atoms with Gasteiger partial charge in [-0.1, -0.05) is 42.8 Å². The zero-order valence-electron chi connectivity index (χ0n) is 11.2. The summed E-state index contributed by atoms with van der Waals surface area (Å²) in [6.45, 7) is 1.08. The van der Waals surface area contributed by atoms with Gasteiger partial charge in [0.15, 0.2) is 0 Å². The first-order valence-electron chi connectivity index (χ1n) is 7.38. The second-order valence-corrected chi connectivity index (χ2v) is 5.76. The van der Waals surface area contributed by atoms with Gasteiger partial charge in [-0.25, -0.2) is 0 Å². The van der Waals surface area contributed by atoms with E-state index in [2.05, 4.69) is 47.8 Å². The van der Waals surface area contributed by atoms with E-state index in [1.165, 1.54) is 47.2 Å². The molecule has 1 nitrogen and oxygen atoms in total. The number of rotatable bonds is 2. The number of benzene rings is 2. The van der Waals surface area contributed by atoms with Gasteiger partial charge in [0.1, 0.15) is 0 Å². The van der Waals surface area contributed by atoms with E-state index in [4.69, 9.17) is 0 Å². The van der Waals surface area contributed by atoms with Gasteiger partial charge in [-0.3, -0.25) is 0 Å². The molecule has 0 spiro atoms. The molecule has 2 aromatic carbocycles. The van der Waals surface area contributed by atoms with Gasteiger partial charge in [-0.15, -0.1) is 0 Å². The van der Waals surface area contributed by atoms with Crippen LogP contribution in [0.5, 0.6) is 0 Å². The number of anilines is 1. The van der Waals surface area contributed by atoms with Crippen LogP contribution in [0.25, 0.3) is 11.1 Å². The van der Waals surface area contributed by atoms with Crippen LogP contribution in [0.1, 0.15) is 36.3 Å². The van der Waals surface area contributed by atoms with E-state index >= 15 is 0 Å². The minimum Gasteiger partial charge on any atom is -0.384 e. The smallest absolute Gasteiger partial charge is 0.0379 e. The number of nitrogens with one attached hydrogen (secondary N) is 1. The van der Waals surface area contributed by atoms with Gasteiger partial charge in [-0.2, -0.15) is 0 Å². The van der Waals surface area contributed by atoms with Gasteiger partial charge >= 0.3 is 0 Å². The van der Waals surface area contributed by atoms with Crippen molar-refractivity contribution in [3.63, 3.8) is 0 Å². The highest BCUT2D eigenvalue weighted by Gasteiger charge is 2.20. The molecule has 19 heavy (non-hydrogen) atoms. The van der Waals surface area contributed by atoms with Crippen molar-refractivity contribution in [2.45, 2.75) is 31.6 Å².